The van der Waals surface area contributed by atoms with Crippen molar-refractivity contribution in [2.24, 2.45) is 11.5 Å². The molecule has 0 radical (unpaired) electrons. The molecule has 0 heterocycles. The molecule has 0 bridgehead atoms. The molecule has 0 aliphatic rings. The first-order valence-electron chi connectivity index (χ1n) is 6.57. The fraction of sp³-hybridized carbons (Fsp3) is 1.00. The molecule has 0 saturated carbocycles. The molecule has 2 atom stereocenters. The molecule has 0 fully saturated rings. The lowest BCUT2D eigenvalue weighted by atomic mass is 10.1. The van der Waals surface area contributed by atoms with Crippen LogP contribution in [0, 0.1) is 0 Å². The molecule has 0 aromatic carbocycles. The highest BCUT2D eigenvalue weighted by atomic mass is 14.9. The largest absolute Gasteiger partial charge is 0.330 e. The van der Waals surface area contributed by atoms with Crippen LogP contribution >= 0.6 is 0 Å². The van der Waals surface area contributed by atoms with Crippen LogP contribution in [0.5, 0.6) is 0 Å². The minimum Gasteiger partial charge on any atom is -0.330 e. The predicted molar refractivity (Wildman–Crippen MR) is 71.5 cm³/mol. The van der Waals surface area contributed by atoms with Gasteiger partial charge in [-0.2, -0.15) is 0 Å². The van der Waals surface area contributed by atoms with Crippen molar-refractivity contribution in [2.75, 3.05) is 26.2 Å². The standard InChI is InChI=1S/C12H30N4/c1-11(15-9-3-7-13)5-6-12(2)16-10-4-8-14/h11-12,15-16H,3-10,13-14H2,1-2H3. The first-order valence-corrected chi connectivity index (χ1v) is 6.57. The van der Waals surface area contributed by atoms with E-state index in [1.165, 1.54) is 12.8 Å². The van der Waals surface area contributed by atoms with Crippen molar-refractivity contribution >= 4 is 0 Å². The number of nitrogens with two attached hydrogens (primary N) is 2. The summed E-state index contributed by atoms with van der Waals surface area (Å²) in [5.74, 6) is 0. The van der Waals surface area contributed by atoms with Crippen LogP contribution in [0.4, 0.5) is 0 Å². The normalized spacial score (nSPS) is 15.0. The molecule has 0 aromatic rings. The second-order valence-electron chi connectivity index (χ2n) is 4.57. The van der Waals surface area contributed by atoms with Gasteiger partial charge in [-0.3, -0.25) is 0 Å². The van der Waals surface area contributed by atoms with Crippen molar-refractivity contribution in [1.29, 1.82) is 0 Å². The summed E-state index contributed by atoms with van der Waals surface area (Å²) in [6.45, 7) is 8.10. The highest BCUT2D eigenvalue weighted by Crippen LogP contribution is 2.01. The van der Waals surface area contributed by atoms with E-state index in [4.69, 9.17) is 11.5 Å². The Kier molecular flexibility index (Phi) is 11.2. The molecule has 98 valence electrons. The molecule has 0 amide bonds. The Morgan fingerprint density at radius 1 is 0.812 bits per heavy atom. The van der Waals surface area contributed by atoms with Gasteiger partial charge in [-0.25, -0.2) is 0 Å². The minimum atomic E-state index is 0.588. The third-order valence-electron chi connectivity index (χ3n) is 2.78. The Labute approximate surface area is 101 Å². The van der Waals surface area contributed by atoms with Crippen molar-refractivity contribution in [3.05, 3.63) is 0 Å². The zero-order valence-electron chi connectivity index (χ0n) is 11.0. The Bertz CT molecular complexity index is 125. The third-order valence-corrected chi connectivity index (χ3v) is 2.78. The average Bonchev–Trinajstić information content (AvgIpc) is 2.27. The van der Waals surface area contributed by atoms with Crippen molar-refractivity contribution in [3.63, 3.8) is 0 Å². The van der Waals surface area contributed by atoms with E-state index in [1.54, 1.807) is 0 Å². The summed E-state index contributed by atoms with van der Waals surface area (Å²) in [7, 11) is 0. The maximum atomic E-state index is 5.44. The monoisotopic (exact) mass is 230 g/mol. The minimum absolute atomic E-state index is 0.588. The molecular formula is C12H30N4. The summed E-state index contributed by atoms with van der Waals surface area (Å²) < 4.78 is 0. The van der Waals surface area contributed by atoms with Gasteiger partial charge in [-0.1, -0.05) is 0 Å². The maximum absolute atomic E-state index is 5.44. The molecule has 4 heteroatoms. The van der Waals surface area contributed by atoms with E-state index in [0.717, 1.165) is 39.0 Å². The van der Waals surface area contributed by atoms with Crippen molar-refractivity contribution < 1.29 is 0 Å². The van der Waals surface area contributed by atoms with Gasteiger partial charge in [0.25, 0.3) is 0 Å². The molecule has 16 heavy (non-hydrogen) atoms. The molecule has 0 aliphatic heterocycles. The lowest BCUT2D eigenvalue weighted by Crippen LogP contribution is -2.32. The zero-order chi connectivity index (χ0) is 12.2. The van der Waals surface area contributed by atoms with Gasteiger partial charge in [0.05, 0.1) is 0 Å². The highest BCUT2D eigenvalue weighted by Gasteiger charge is 2.05. The Hall–Kier alpha value is -0.160. The number of hydrogen-bond donors (Lipinski definition) is 4. The average molecular weight is 230 g/mol. The number of rotatable bonds is 11. The van der Waals surface area contributed by atoms with E-state index < -0.39 is 0 Å². The number of hydrogen-bond acceptors (Lipinski definition) is 4. The quantitative estimate of drug-likeness (QED) is 0.388. The molecule has 0 saturated heterocycles. The smallest absolute Gasteiger partial charge is 0.00393 e. The van der Waals surface area contributed by atoms with Gasteiger partial charge in [0.1, 0.15) is 0 Å². The Morgan fingerprint density at radius 3 is 1.50 bits per heavy atom. The van der Waals surface area contributed by atoms with E-state index in [0.29, 0.717) is 12.1 Å². The molecule has 0 spiro atoms. The zero-order valence-corrected chi connectivity index (χ0v) is 11.0. The second kappa shape index (κ2) is 11.3. The highest BCUT2D eigenvalue weighted by molar-refractivity contribution is 4.67. The van der Waals surface area contributed by atoms with E-state index in [2.05, 4.69) is 24.5 Å². The molecule has 0 rings (SSSR count). The summed E-state index contributed by atoms with van der Waals surface area (Å²) in [4.78, 5) is 0. The van der Waals surface area contributed by atoms with Crippen molar-refractivity contribution in [1.82, 2.24) is 10.6 Å². The van der Waals surface area contributed by atoms with E-state index in [-0.39, 0.29) is 0 Å². The summed E-state index contributed by atoms with van der Waals surface area (Å²) in [6.07, 6.45) is 4.55. The van der Waals surface area contributed by atoms with Crippen molar-refractivity contribution in [3.8, 4) is 0 Å². The van der Waals surface area contributed by atoms with Gasteiger partial charge in [-0.05, 0) is 65.7 Å². The van der Waals surface area contributed by atoms with Crippen molar-refractivity contribution in [2.45, 2.75) is 51.6 Å². The van der Waals surface area contributed by atoms with Crippen LogP contribution in [0.25, 0.3) is 0 Å². The summed E-state index contributed by atoms with van der Waals surface area (Å²) in [6, 6.07) is 1.18. The van der Waals surface area contributed by atoms with Crippen LogP contribution in [-0.4, -0.2) is 38.3 Å². The van der Waals surface area contributed by atoms with Crippen LogP contribution in [0.2, 0.25) is 0 Å². The number of nitrogens with one attached hydrogen (secondary N) is 2. The fourth-order valence-electron chi connectivity index (χ4n) is 1.61. The molecule has 0 aromatic heterocycles. The third kappa shape index (κ3) is 10.4. The molecule has 2 unspecified atom stereocenters. The van der Waals surface area contributed by atoms with Crippen LogP contribution in [0.3, 0.4) is 0 Å². The maximum Gasteiger partial charge on any atom is 0.00393 e. The van der Waals surface area contributed by atoms with Gasteiger partial charge in [0, 0.05) is 12.1 Å². The van der Waals surface area contributed by atoms with Crippen LogP contribution in [0.15, 0.2) is 0 Å². The lowest BCUT2D eigenvalue weighted by Gasteiger charge is -2.17. The van der Waals surface area contributed by atoms with Crippen LogP contribution < -0.4 is 22.1 Å². The van der Waals surface area contributed by atoms with Gasteiger partial charge < -0.3 is 22.1 Å². The summed E-state index contributed by atoms with van der Waals surface area (Å²) in [5.41, 5.74) is 10.9. The first-order chi connectivity index (χ1) is 7.70. The predicted octanol–water partition coefficient (Wildman–Crippen LogP) is 0.420. The summed E-state index contributed by atoms with van der Waals surface area (Å²) in [5, 5.41) is 6.96. The SMILES string of the molecule is CC(CCC(C)NCCCN)NCCCN. The van der Waals surface area contributed by atoms with Gasteiger partial charge in [0.15, 0.2) is 0 Å². The van der Waals surface area contributed by atoms with Gasteiger partial charge in [-0.15, -0.1) is 0 Å². The summed E-state index contributed by atoms with van der Waals surface area (Å²) >= 11 is 0. The molecule has 6 N–H and O–H groups in total. The van der Waals surface area contributed by atoms with Crippen LogP contribution in [-0.2, 0) is 0 Å². The Balaban J connectivity index is 3.32. The fourth-order valence-corrected chi connectivity index (χ4v) is 1.61. The van der Waals surface area contributed by atoms with E-state index >= 15 is 0 Å². The van der Waals surface area contributed by atoms with Crippen LogP contribution in [0.1, 0.15) is 39.5 Å². The van der Waals surface area contributed by atoms with E-state index in [1.807, 2.05) is 0 Å². The van der Waals surface area contributed by atoms with E-state index in [9.17, 15) is 0 Å². The topological polar surface area (TPSA) is 76.1 Å². The first kappa shape index (κ1) is 15.8. The molecular weight excluding hydrogens is 200 g/mol. The lowest BCUT2D eigenvalue weighted by molar-refractivity contribution is 0.434. The van der Waals surface area contributed by atoms with Gasteiger partial charge >= 0.3 is 0 Å². The molecule has 4 nitrogen and oxygen atoms in total. The van der Waals surface area contributed by atoms with Gasteiger partial charge in [0.2, 0.25) is 0 Å². The molecule has 0 aliphatic carbocycles. The Morgan fingerprint density at radius 2 is 1.19 bits per heavy atom. The second-order valence-corrected chi connectivity index (χ2v) is 4.57.